The van der Waals surface area contributed by atoms with Crippen LogP contribution in [0.5, 0.6) is 5.75 Å². The van der Waals surface area contributed by atoms with E-state index in [-0.39, 0.29) is 34.6 Å². The van der Waals surface area contributed by atoms with E-state index in [2.05, 4.69) is 10.1 Å². The zero-order chi connectivity index (χ0) is 13.3. The number of ether oxygens (including phenoxy) is 1. The Kier molecular flexibility index (Phi) is 3.49. The van der Waals surface area contributed by atoms with Gasteiger partial charge in [-0.3, -0.25) is 0 Å². The molecule has 18 heavy (non-hydrogen) atoms. The number of hydrogen-bond donors (Lipinski definition) is 1. The summed E-state index contributed by atoms with van der Waals surface area (Å²) in [6.45, 7) is 1.83. The van der Waals surface area contributed by atoms with Gasteiger partial charge in [0.05, 0.1) is 24.2 Å². The fourth-order valence-corrected chi connectivity index (χ4v) is 1.74. The van der Waals surface area contributed by atoms with Gasteiger partial charge in [-0.2, -0.15) is 4.98 Å². The summed E-state index contributed by atoms with van der Waals surface area (Å²) in [6, 6.07) is 1.53. The van der Waals surface area contributed by atoms with E-state index in [9.17, 15) is 4.39 Å². The maximum Gasteiger partial charge on any atom is 0.240 e. The van der Waals surface area contributed by atoms with Crippen molar-refractivity contribution in [3.05, 3.63) is 28.4 Å². The van der Waals surface area contributed by atoms with Gasteiger partial charge in [-0.15, -0.1) is 0 Å². The molecule has 0 unspecified atom stereocenters. The van der Waals surface area contributed by atoms with Crippen molar-refractivity contribution in [1.29, 1.82) is 0 Å². The summed E-state index contributed by atoms with van der Waals surface area (Å²) in [5.41, 5.74) is 6.17. The molecule has 7 heteroatoms. The van der Waals surface area contributed by atoms with Crippen LogP contribution < -0.4 is 10.5 Å². The van der Waals surface area contributed by atoms with Crippen LogP contribution >= 0.6 is 11.6 Å². The molecule has 1 aromatic carbocycles. The second-order valence-electron chi connectivity index (χ2n) is 3.62. The van der Waals surface area contributed by atoms with E-state index >= 15 is 0 Å². The van der Waals surface area contributed by atoms with Crippen LogP contribution in [0, 0.1) is 12.7 Å². The molecule has 0 spiro atoms. The molecule has 0 aliphatic heterocycles. The summed E-state index contributed by atoms with van der Waals surface area (Å²) >= 11 is 5.94. The summed E-state index contributed by atoms with van der Waals surface area (Å²) in [6.07, 6.45) is 0. The third-order valence-corrected chi connectivity index (χ3v) is 2.90. The highest BCUT2D eigenvalue weighted by Gasteiger charge is 2.20. The third-order valence-electron chi connectivity index (χ3n) is 2.43. The minimum atomic E-state index is -0.627. The standard InChI is InChI=1S/C11H11ClFN3O2/c1-5-3-6(9(13)10(17-2)8(5)12)11-15-7(4-14)18-16-11/h3H,4,14H2,1-2H3. The van der Waals surface area contributed by atoms with Crippen molar-refractivity contribution in [2.24, 2.45) is 5.73 Å². The molecule has 0 bridgehead atoms. The van der Waals surface area contributed by atoms with Crippen molar-refractivity contribution in [3.63, 3.8) is 0 Å². The van der Waals surface area contributed by atoms with Crippen molar-refractivity contribution in [2.45, 2.75) is 13.5 Å². The van der Waals surface area contributed by atoms with E-state index in [1.807, 2.05) is 0 Å². The van der Waals surface area contributed by atoms with Gasteiger partial charge in [0.25, 0.3) is 0 Å². The first-order chi connectivity index (χ1) is 8.58. The van der Waals surface area contributed by atoms with Crippen LogP contribution in [0.4, 0.5) is 4.39 Å². The molecule has 2 aromatic rings. The van der Waals surface area contributed by atoms with Crippen molar-refractivity contribution < 1.29 is 13.7 Å². The number of aryl methyl sites for hydroxylation is 1. The lowest BCUT2D eigenvalue weighted by Gasteiger charge is -2.09. The van der Waals surface area contributed by atoms with E-state index in [4.69, 9.17) is 26.6 Å². The Bertz CT molecular complexity index is 586. The molecule has 2 N–H and O–H groups in total. The number of nitrogens with zero attached hydrogens (tertiary/aromatic N) is 2. The average Bonchev–Trinajstić information content (AvgIpc) is 2.83. The molecule has 0 aliphatic rings. The molecular weight excluding hydrogens is 261 g/mol. The number of nitrogens with two attached hydrogens (primary N) is 1. The molecule has 0 amide bonds. The van der Waals surface area contributed by atoms with Gasteiger partial charge in [0.15, 0.2) is 11.6 Å². The van der Waals surface area contributed by atoms with Crippen LogP contribution in [-0.2, 0) is 6.54 Å². The van der Waals surface area contributed by atoms with Crippen molar-refractivity contribution in [3.8, 4) is 17.1 Å². The molecular formula is C11H11ClFN3O2. The van der Waals surface area contributed by atoms with Gasteiger partial charge in [-0.25, -0.2) is 4.39 Å². The van der Waals surface area contributed by atoms with E-state index in [0.717, 1.165) is 0 Å². The molecule has 1 aromatic heterocycles. The van der Waals surface area contributed by atoms with Crippen LogP contribution in [0.25, 0.3) is 11.4 Å². The predicted octanol–water partition coefficient (Wildman–Crippen LogP) is 2.30. The van der Waals surface area contributed by atoms with Gasteiger partial charge < -0.3 is 15.0 Å². The molecule has 0 saturated heterocycles. The third kappa shape index (κ3) is 2.04. The normalized spacial score (nSPS) is 10.7. The Morgan fingerprint density at radius 3 is 2.83 bits per heavy atom. The van der Waals surface area contributed by atoms with Gasteiger partial charge >= 0.3 is 0 Å². The van der Waals surface area contributed by atoms with E-state index in [0.29, 0.717) is 5.56 Å². The topological polar surface area (TPSA) is 74.2 Å². The number of aromatic nitrogens is 2. The van der Waals surface area contributed by atoms with Gasteiger partial charge in [0, 0.05) is 0 Å². The van der Waals surface area contributed by atoms with Crippen LogP contribution in [0.15, 0.2) is 10.6 Å². The molecule has 0 atom stereocenters. The summed E-state index contributed by atoms with van der Waals surface area (Å²) < 4.78 is 23.9. The van der Waals surface area contributed by atoms with Crippen molar-refractivity contribution >= 4 is 11.6 Å². The first-order valence-electron chi connectivity index (χ1n) is 5.14. The summed E-state index contributed by atoms with van der Waals surface area (Å²) in [7, 11) is 1.34. The fourth-order valence-electron chi connectivity index (χ4n) is 1.53. The summed E-state index contributed by atoms with van der Waals surface area (Å²) in [5.74, 6) is -0.315. The molecule has 2 rings (SSSR count). The highest BCUT2D eigenvalue weighted by Crippen LogP contribution is 2.36. The molecule has 0 radical (unpaired) electrons. The second-order valence-corrected chi connectivity index (χ2v) is 4.00. The highest BCUT2D eigenvalue weighted by atomic mass is 35.5. The summed E-state index contributed by atoms with van der Waals surface area (Å²) in [4.78, 5) is 3.96. The van der Waals surface area contributed by atoms with E-state index in [1.165, 1.54) is 13.2 Å². The Labute approximate surface area is 108 Å². The Morgan fingerprint density at radius 1 is 1.56 bits per heavy atom. The minimum Gasteiger partial charge on any atom is -0.492 e. The van der Waals surface area contributed by atoms with Crippen LogP contribution in [0.1, 0.15) is 11.5 Å². The molecule has 0 aliphatic carbocycles. The van der Waals surface area contributed by atoms with Crippen molar-refractivity contribution in [1.82, 2.24) is 10.1 Å². The quantitative estimate of drug-likeness (QED) is 0.927. The Hall–Kier alpha value is -1.66. The molecule has 0 saturated carbocycles. The number of halogens is 2. The van der Waals surface area contributed by atoms with E-state index in [1.54, 1.807) is 6.92 Å². The first kappa shape index (κ1) is 12.8. The number of hydrogen-bond acceptors (Lipinski definition) is 5. The Balaban J connectivity index is 2.60. The first-order valence-corrected chi connectivity index (χ1v) is 5.51. The number of rotatable bonds is 3. The van der Waals surface area contributed by atoms with Crippen LogP contribution in [0.2, 0.25) is 5.02 Å². The second kappa shape index (κ2) is 4.91. The van der Waals surface area contributed by atoms with E-state index < -0.39 is 5.82 Å². The maximum atomic E-state index is 14.2. The highest BCUT2D eigenvalue weighted by molar-refractivity contribution is 6.33. The zero-order valence-corrected chi connectivity index (χ0v) is 10.6. The van der Waals surface area contributed by atoms with Gasteiger partial charge in [0.2, 0.25) is 11.7 Å². The lowest BCUT2D eigenvalue weighted by atomic mass is 10.1. The number of benzene rings is 1. The molecule has 1 heterocycles. The SMILES string of the molecule is COc1c(F)c(-c2noc(CN)n2)cc(C)c1Cl. The predicted molar refractivity (Wildman–Crippen MR) is 63.9 cm³/mol. The molecule has 96 valence electrons. The summed E-state index contributed by atoms with van der Waals surface area (Å²) in [5, 5.41) is 3.88. The lowest BCUT2D eigenvalue weighted by molar-refractivity contribution is 0.378. The molecule has 0 fully saturated rings. The minimum absolute atomic E-state index is 0.0363. The zero-order valence-electron chi connectivity index (χ0n) is 9.83. The van der Waals surface area contributed by atoms with Gasteiger partial charge in [-0.05, 0) is 18.6 Å². The van der Waals surface area contributed by atoms with Crippen molar-refractivity contribution in [2.75, 3.05) is 7.11 Å². The van der Waals surface area contributed by atoms with Crippen LogP contribution in [-0.4, -0.2) is 17.3 Å². The van der Waals surface area contributed by atoms with Crippen LogP contribution in [0.3, 0.4) is 0 Å². The number of methoxy groups -OCH3 is 1. The monoisotopic (exact) mass is 271 g/mol. The average molecular weight is 272 g/mol. The fraction of sp³-hybridized carbons (Fsp3) is 0.273. The maximum absolute atomic E-state index is 14.2. The smallest absolute Gasteiger partial charge is 0.240 e. The molecule has 5 nitrogen and oxygen atoms in total. The lowest BCUT2D eigenvalue weighted by Crippen LogP contribution is -1.98. The Morgan fingerprint density at radius 2 is 2.28 bits per heavy atom. The largest absolute Gasteiger partial charge is 0.492 e. The van der Waals surface area contributed by atoms with Gasteiger partial charge in [-0.1, -0.05) is 16.8 Å². The van der Waals surface area contributed by atoms with Gasteiger partial charge in [0.1, 0.15) is 0 Å².